The minimum absolute atomic E-state index is 0. The van der Waals surface area contributed by atoms with Gasteiger partial charge in [0.1, 0.15) is 0 Å². The second-order valence-electron chi connectivity index (χ2n) is 1.00. The molecule has 13 heteroatoms. The van der Waals surface area contributed by atoms with E-state index in [0.29, 0.717) is 0 Å². The molecule has 0 N–H and O–H groups in total. The summed E-state index contributed by atoms with van der Waals surface area (Å²) in [7, 11) is -11.2. The molecule has 64 valence electrons. The summed E-state index contributed by atoms with van der Waals surface area (Å²) in [6.45, 7) is 0. The summed E-state index contributed by atoms with van der Waals surface area (Å²) in [6.07, 6.45) is 0. The third kappa shape index (κ3) is 376. The third-order valence-corrected chi connectivity index (χ3v) is 0. The van der Waals surface area contributed by atoms with Crippen molar-refractivity contribution in [3.05, 3.63) is 0 Å². The van der Waals surface area contributed by atoms with Gasteiger partial charge < -0.3 is 56.5 Å². The standard InChI is InChI=1S/2Al.Ca.2O4Si/c;;;2*1-5(2,3)4/q2*+3;+2;2*-4. The summed E-state index contributed by atoms with van der Waals surface area (Å²) in [5.74, 6) is 0. The predicted molar refractivity (Wildman–Crippen MR) is 28.8 cm³/mol. The van der Waals surface area contributed by atoms with Crippen LogP contribution in [-0.4, -0.2) is 90.6 Å². The molecule has 0 aliphatic rings. The molecule has 8 nitrogen and oxygen atoms in total. The normalized spacial score (nSPS) is 9.23. The van der Waals surface area contributed by atoms with E-state index < -0.39 is 18.1 Å². The largest absolute Gasteiger partial charge is 3.00 e. The summed E-state index contributed by atoms with van der Waals surface area (Å²) in [6, 6.07) is 0. The zero-order chi connectivity index (χ0) is 9.00. The van der Waals surface area contributed by atoms with Gasteiger partial charge in [0.15, 0.2) is 0 Å². The number of hydrogen-bond acceptors (Lipinski definition) is 8. The van der Waals surface area contributed by atoms with Gasteiger partial charge in [-0.2, -0.15) is 0 Å². The van der Waals surface area contributed by atoms with E-state index >= 15 is 0 Å². The first kappa shape index (κ1) is 29.5. The maximum Gasteiger partial charge on any atom is 3.00 e. The van der Waals surface area contributed by atoms with Crippen LogP contribution in [0.4, 0.5) is 0 Å². The molecule has 0 unspecified atom stereocenters. The van der Waals surface area contributed by atoms with Crippen molar-refractivity contribution in [3.63, 3.8) is 0 Å². The first-order chi connectivity index (χ1) is 4.00. The molecule has 0 amide bonds. The molecule has 0 saturated carbocycles. The quantitative estimate of drug-likeness (QED) is 0.390. The number of hydrogen-bond donors (Lipinski definition) is 0. The van der Waals surface area contributed by atoms with Gasteiger partial charge >= 0.3 is 72.5 Å². The summed E-state index contributed by atoms with van der Waals surface area (Å²) in [5, 5.41) is 0. The zero-order valence-electron chi connectivity index (χ0n) is 6.13. The average molecular weight is 278 g/mol. The molecule has 0 aliphatic carbocycles. The van der Waals surface area contributed by atoms with Crippen molar-refractivity contribution in [3.8, 4) is 0 Å². The van der Waals surface area contributed by atoms with Gasteiger partial charge in [-0.05, 0) is 0 Å². The fourth-order valence-corrected chi connectivity index (χ4v) is 0. The van der Waals surface area contributed by atoms with Crippen molar-refractivity contribution in [2.75, 3.05) is 0 Å². The summed E-state index contributed by atoms with van der Waals surface area (Å²) < 4.78 is 0. The van der Waals surface area contributed by atoms with Crippen LogP contribution < -0.4 is 38.4 Å². The zero-order valence-corrected chi connectivity index (χ0v) is 12.6. The van der Waals surface area contributed by atoms with Crippen LogP contribution in [0.2, 0.25) is 0 Å². The molecule has 0 spiro atoms. The van der Waals surface area contributed by atoms with Crippen molar-refractivity contribution in [1.82, 2.24) is 0 Å². The van der Waals surface area contributed by atoms with Crippen molar-refractivity contribution in [1.29, 1.82) is 0 Å². The SMILES string of the molecule is [Al+3].[Al+3].[Ca+2].[O-][Si]([O-])([O-])[O-].[O-][Si]([O-])([O-])[O-]. The van der Waals surface area contributed by atoms with Crippen LogP contribution in [0.3, 0.4) is 0 Å². The average Bonchev–Trinajstić information content (AvgIpc) is 1.12. The van der Waals surface area contributed by atoms with E-state index in [0.717, 1.165) is 0 Å². The van der Waals surface area contributed by atoms with E-state index in [1.807, 2.05) is 0 Å². The predicted octanol–water partition coefficient (Wildman–Crippen LogP) is -11.4. The van der Waals surface area contributed by atoms with Gasteiger partial charge in [0.05, 0.1) is 0 Å². The smallest absolute Gasteiger partial charge is 0.894 e. The van der Waals surface area contributed by atoms with E-state index in [9.17, 15) is 0 Å². The first-order valence-corrected chi connectivity index (χ1v) is 4.90. The third-order valence-electron chi connectivity index (χ3n) is 0. The second kappa shape index (κ2) is 12.5. The Morgan fingerprint density at radius 3 is 0.462 bits per heavy atom. The molecule has 0 atom stereocenters. The van der Waals surface area contributed by atoms with Crippen LogP contribution in [0.1, 0.15) is 0 Å². The van der Waals surface area contributed by atoms with E-state index in [-0.39, 0.29) is 72.5 Å². The van der Waals surface area contributed by atoms with Crippen LogP contribution in [0.15, 0.2) is 0 Å². The molecule has 0 aromatic rings. The summed E-state index contributed by atoms with van der Waals surface area (Å²) >= 11 is 0. The molecule has 0 saturated heterocycles. The Morgan fingerprint density at radius 1 is 0.462 bits per heavy atom. The maximum atomic E-state index is 8.58. The van der Waals surface area contributed by atoms with Gasteiger partial charge in [0.2, 0.25) is 0 Å². The van der Waals surface area contributed by atoms with Gasteiger partial charge in [0.25, 0.3) is 0 Å². The van der Waals surface area contributed by atoms with Gasteiger partial charge in [-0.3, -0.25) is 0 Å². The van der Waals surface area contributed by atoms with Gasteiger partial charge in [0, 0.05) is 0 Å². The molecule has 0 heterocycles. The molecule has 0 aromatic heterocycles. The molecule has 0 fully saturated rings. The molecule has 13 heavy (non-hydrogen) atoms. The Labute approximate surface area is 127 Å². The van der Waals surface area contributed by atoms with E-state index in [4.69, 9.17) is 38.4 Å². The van der Waals surface area contributed by atoms with Crippen molar-refractivity contribution in [2.24, 2.45) is 0 Å². The fraction of sp³-hybridized carbons (Fsp3) is 0. The monoisotopic (exact) mass is 278 g/mol. The summed E-state index contributed by atoms with van der Waals surface area (Å²) in [4.78, 5) is 68.6. The topological polar surface area (TPSA) is 184 Å². The molecular formula is Al2CaO8Si2. The molecule has 0 aliphatic heterocycles. The van der Waals surface area contributed by atoms with Crippen molar-refractivity contribution >= 4 is 90.6 Å². The van der Waals surface area contributed by atoms with E-state index in [2.05, 4.69) is 0 Å². The summed E-state index contributed by atoms with van der Waals surface area (Å²) in [5.41, 5.74) is 0. The van der Waals surface area contributed by atoms with Crippen molar-refractivity contribution in [2.45, 2.75) is 0 Å². The first-order valence-electron chi connectivity index (χ1n) is 1.63. The van der Waals surface area contributed by atoms with Crippen LogP contribution in [0.25, 0.3) is 0 Å². The Morgan fingerprint density at radius 2 is 0.462 bits per heavy atom. The van der Waals surface area contributed by atoms with Gasteiger partial charge in [-0.15, -0.1) is 0 Å². The van der Waals surface area contributed by atoms with E-state index in [1.165, 1.54) is 0 Å². The Balaban J connectivity index is -0.0000000267. The van der Waals surface area contributed by atoms with Crippen LogP contribution >= 0.6 is 0 Å². The van der Waals surface area contributed by atoms with Crippen LogP contribution in [0.5, 0.6) is 0 Å². The van der Waals surface area contributed by atoms with E-state index in [1.54, 1.807) is 0 Å². The Bertz CT molecular complexity index is 63.1. The Hall–Kier alpha value is 2.44. The van der Waals surface area contributed by atoms with Crippen molar-refractivity contribution < 1.29 is 38.4 Å². The molecule has 0 radical (unpaired) electrons. The van der Waals surface area contributed by atoms with Gasteiger partial charge in [-0.25, -0.2) is 0 Å². The molecule has 0 rings (SSSR count). The van der Waals surface area contributed by atoms with Crippen LogP contribution in [-0.2, 0) is 0 Å². The fourth-order valence-electron chi connectivity index (χ4n) is 0. The van der Waals surface area contributed by atoms with Gasteiger partial charge in [-0.1, -0.05) is 0 Å². The molecule has 0 aromatic carbocycles. The molecule has 0 bridgehead atoms. The Kier molecular flexibility index (Phi) is 28.4. The van der Waals surface area contributed by atoms with Crippen LogP contribution in [0, 0.1) is 0 Å². The minimum Gasteiger partial charge on any atom is -0.894 e. The number of rotatable bonds is 0. The second-order valence-corrected chi connectivity index (χ2v) is 3.00. The minimum atomic E-state index is -5.61. The molecular weight excluding hydrogens is 278 g/mol. The maximum absolute atomic E-state index is 8.58.